The van der Waals surface area contributed by atoms with Gasteiger partial charge in [-0.3, -0.25) is 10.1 Å². The van der Waals surface area contributed by atoms with Gasteiger partial charge in [-0.05, 0) is 68.0 Å². The van der Waals surface area contributed by atoms with E-state index in [1.807, 2.05) is 24.8 Å². The molecule has 3 aromatic rings. The Kier molecular flexibility index (Phi) is 9.18. The van der Waals surface area contributed by atoms with E-state index in [1.54, 1.807) is 48.5 Å². The summed E-state index contributed by atoms with van der Waals surface area (Å²) in [6, 6.07) is 15.7. The number of carbonyl (C=O) groups excluding carboxylic acids is 1. The minimum Gasteiger partial charge on any atom is -0.496 e. The summed E-state index contributed by atoms with van der Waals surface area (Å²) in [4.78, 5) is 15.3. The van der Waals surface area contributed by atoms with Crippen molar-refractivity contribution in [2.75, 3.05) is 43.5 Å². The molecule has 0 radical (unpaired) electrons. The van der Waals surface area contributed by atoms with Crippen molar-refractivity contribution in [3.8, 4) is 5.75 Å². The van der Waals surface area contributed by atoms with E-state index >= 15 is 0 Å². The second-order valence-electron chi connectivity index (χ2n) is 9.05. The summed E-state index contributed by atoms with van der Waals surface area (Å²) in [5, 5.41) is 6.35. The van der Waals surface area contributed by atoms with Crippen LogP contribution in [0.3, 0.4) is 0 Å². The second-order valence-corrected chi connectivity index (χ2v) is 12.7. The van der Waals surface area contributed by atoms with E-state index in [2.05, 4.69) is 26.6 Å². The third-order valence-corrected chi connectivity index (χ3v) is 9.24. The van der Waals surface area contributed by atoms with Gasteiger partial charge in [-0.25, -0.2) is 8.42 Å². The molecular weight excluding hydrogens is 624 g/mol. The molecule has 0 aromatic heterocycles. The molecule has 1 heterocycles. The first-order chi connectivity index (χ1) is 18.5. The Balaban J connectivity index is 1.47. The fourth-order valence-electron chi connectivity index (χ4n) is 4.44. The summed E-state index contributed by atoms with van der Waals surface area (Å²) in [5.41, 5.74) is 3.42. The van der Waals surface area contributed by atoms with Crippen molar-refractivity contribution in [3.63, 3.8) is 0 Å². The van der Waals surface area contributed by atoms with Gasteiger partial charge in [-0.15, -0.1) is 0 Å². The Morgan fingerprint density at radius 3 is 2.36 bits per heavy atom. The van der Waals surface area contributed by atoms with Gasteiger partial charge < -0.3 is 15.0 Å². The van der Waals surface area contributed by atoms with Crippen LogP contribution in [0.2, 0.25) is 5.02 Å². The average molecular weight is 652 g/mol. The van der Waals surface area contributed by atoms with E-state index < -0.39 is 15.9 Å². The predicted molar refractivity (Wildman–Crippen MR) is 163 cm³/mol. The van der Waals surface area contributed by atoms with Crippen molar-refractivity contribution in [2.24, 2.45) is 0 Å². The number of benzene rings is 3. The quantitative estimate of drug-likeness (QED) is 0.347. The highest BCUT2D eigenvalue weighted by Gasteiger charge is 2.30. The number of nitrogens with one attached hydrogen (secondary N) is 2. The van der Waals surface area contributed by atoms with E-state index in [0.29, 0.717) is 53.9 Å². The topological polar surface area (TPSA) is 91.0 Å². The number of rotatable bonds is 6. The molecule has 206 valence electrons. The van der Waals surface area contributed by atoms with E-state index in [-0.39, 0.29) is 10.0 Å². The Labute approximate surface area is 247 Å². The summed E-state index contributed by atoms with van der Waals surface area (Å²) in [7, 11) is -2.09. The number of hydrogen-bond donors (Lipinski definition) is 2. The number of carbonyl (C=O) groups is 1. The van der Waals surface area contributed by atoms with E-state index in [1.165, 1.54) is 11.4 Å². The lowest BCUT2D eigenvalue weighted by Gasteiger charge is -2.36. The molecule has 1 amide bonds. The first kappa shape index (κ1) is 29.3. The number of piperazine rings is 1. The van der Waals surface area contributed by atoms with Gasteiger partial charge in [0.05, 0.1) is 34.0 Å². The Bertz CT molecular complexity index is 1510. The normalized spacial score (nSPS) is 14.1. The smallest absolute Gasteiger partial charge is 0.261 e. The van der Waals surface area contributed by atoms with Crippen molar-refractivity contribution in [1.82, 2.24) is 9.62 Å². The van der Waals surface area contributed by atoms with Crippen molar-refractivity contribution < 1.29 is 17.9 Å². The van der Waals surface area contributed by atoms with E-state index in [9.17, 15) is 13.2 Å². The number of thiocarbonyl (C=S) groups is 1. The molecule has 8 nitrogen and oxygen atoms in total. The molecule has 0 aliphatic carbocycles. The lowest BCUT2D eigenvalue weighted by Crippen LogP contribution is -2.49. The van der Waals surface area contributed by atoms with Crippen LogP contribution >= 0.6 is 39.7 Å². The molecule has 1 aliphatic heterocycles. The monoisotopic (exact) mass is 650 g/mol. The number of methoxy groups -OCH3 is 1. The minimum atomic E-state index is -3.60. The summed E-state index contributed by atoms with van der Waals surface area (Å²) >= 11 is 15.5. The van der Waals surface area contributed by atoms with Crippen molar-refractivity contribution in [1.29, 1.82) is 0 Å². The molecule has 12 heteroatoms. The van der Waals surface area contributed by atoms with Gasteiger partial charge in [-0.2, -0.15) is 4.31 Å². The number of nitrogens with zero attached hydrogens (tertiary/aromatic N) is 2. The second kappa shape index (κ2) is 12.2. The number of para-hydroxylation sites is 1. The van der Waals surface area contributed by atoms with Crippen LogP contribution in [0.1, 0.15) is 21.5 Å². The van der Waals surface area contributed by atoms with Crippen molar-refractivity contribution in [3.05, 3.63) is 80.8 Å². The molecule has 0 unspecified atom stereocenters. The van der Waals surface area contributed by atoms with Crippen LogP contribution < -0.4 is 20.3 Å². The molecule has 2 N–H and O–H groups in total. The summed E-state index contributed by atoms with van der Waals surface area (Å²) in [5.74, 6) is 0.0349. The summed E-state index contributed by atoms with van der Waals surface area (Å²) < 4.78 is 33.9. The lowest BCUT2D eigenvalue weighted by molar-refractivity contribution is 0.0974. The molecule has 39 heavy (non-hydrogen) atoms. The molecule has 1 saturated heterocycles. The standard InChI is InChI=1S/C27H28BrClN4O4S2/c1-17-7-9-20(10-8-17)39(35,36)33-13-11-32(12-14-33)24-22(29)5-4-6-23(24)30-27(38)31-26(34)21-16-19(28)15-18(2)25(21)37-3/h4-10,15-16H,11-14H2,1-3H3,(H2,30,31,34,38). The highest BCUT2D eigenvalue weighted by atomic mass is 79.9. The molecule has 0 bridgehead atoms. The zero-order chi connectivity index (χ0) is 28.3. The average Bonchev–Trinajstić information content (AvgIpc) is 2.88. The van der Waals surface area contributed by atoms with Gasteiger partial charge in [-0.1, -0.05) is 51.3 Å². The van der Waals surface area contributed by atoms with Crippen molar-refractivity contribution >= 4 is 72.2 Å². The maximum absolute atomic E-state index is 13.1. The van der Waals surface area contributed by atoms with Crippen LogP contribution in [-0.2, 0) is 10.0 Å². The molecule has 4 rings (SSSR count). The minimum absolute atomic E-state index is 0.0868. The van der Waals surface area contributed by atoms with Crippen LogP contribution in [0.5, 0.6) is 5.75 Å². The van der Waals surface area contributed by atoms with Crippen LogP contribution in [-0.4, -0.2) is 57.0 Å². The number of anilines is 2. The van der Waals surface area contributed by atoms with Crippen LogP contribution in [0.4, 0.5) is 11.4 Å². The molecule has 0 atom stereocenters. The maximum Gasteiger partial charge on any atom is 0.261 e. The fourth-order valence-corrected chi connectivity index (χ4v) is 6.93. The molecule has 1 fully saturated rings. The number of aryl methyl sites for hydroxylation is 2. The molecule has 3 aromatic carbocycles. The maximum atomic E-state index is 13.1. The van der Waals surface area contributed by atoms with Gasteiger partial charge in [0.25, 0.3) is 5.91 Å². The van der Waals surface area contributed by atoms with E-state index in [4.69, 9.17) is 28.6 Å². The van der Waals surface area contributed by atoms with Gasteiger partial charge in [0.1, 0.15) is 5.75 Å². The van der Waals surface area contributed by atoms with Gasteiger partial charge >= 0.3 is 0 Å². The summed E-state index contributed by atoms with van der Waals surface area (Å²) in [6.45, 7) is 5.21. The molecular formula is C27H28BrClN4O4S2. The van der Waals surface area contributed by atoms with Crippen molar-refractivity contribution in [2.45, 2.75) is 18.7 Å². The van der Waals surface area contributed by atoms with Crippen LogP contribution in [0.25, 0.3) is 0 Å². The number of amides is 1. The molecule has 0 saturated carbocycles. The highest BCUT2D eigenvalue weighted by Crippen LogP contribution is 2.35. The van der Waals surface area contributed by atoms with Crippen LogP contribution in [0.15, 0.2) is 64.0 Å². The highest BCUT2D eigenvalue weighted by molar-refractivity contribution is 9.10. The van der Waals surface area contributed by atoms with Gasteiger partial charge in [0.2, 0.25) is 10.0 Å². The zero-order valence-electron chi connectivity index (χ0n) is 21.6. The zero-order valence-corrected chi connectivity index (χ0v) is 25.6. The Morgan fingerprint density at radius 1 is 1.05 bits per heavy atom. The van der Waals surface area contributed by atoms with E-state index in [0.717, 1.165) is 15.6 Å². The summed E-state index contributed by atoms with van der Waals surface area (Å²) in [6.07, 6.45) is 0. The predicted octanol–water partition coefficient (Wildman–Crippen LogP) is 5.37. The number of halogens is 2. The number of sulfonamides is 1. The Hall–Kier alpha value is -2.70. The largest absolute Gasteiger partial charge is 0.496 e. The number of ether oxygens (including phenoxy) is 1. The fraction of sp³-hybridized carbons (Fsp3) is 0.259. The Morgan fingerprint density at radius 2 is 1.72 bits per heavy atom. The molecule has 1 aliphatic rings. The number of hydrogen-bond acceptors (Lipinski definition) is 6. The third-order valence-electron chi connectivity index (χ3n) is 6.36. The molecule has 0 spiro atoms. The van der Waals surface area contributed by atoms with Crippen LogP contribution in [0, 0.1) is 13.8 Å². The van der Waals surface area contributed by atoms with Gasteiger partial charge in [0, 0.05) is 30.7 Å². The lowest BCUT2D eigenvalue weighted by atomic mass is 10.1. The first-order valence-corrected chi connectivity index (χ1v) is 15.1. The third kappa shape index (κ3) is 6.55. The SMILES string of the molecule is COc1c(C)cc(Br)cc1C(=O)NC(=S)Nc1cccc(Cl)c1N1CCN(S(=O)(=O)c2ccc(C)cc2)CC1. The van der Waals surface area contributed by atoms with Gasteiger partial charge in [0.15, 0.2) is 5.11 Å². The first-order valence-electron chi connectivity index (χ1n) is 12.1.